The van der Waals surface area contributed by atoms with Crippen molar-refractivity contribution in [2.24, 2.45) is 5.10 Å². The lowest BCUT2D eigenvalue weighted by Crippen LogP contribution is -2.49. The minimum Gasteiger partial charge on any atom is -0.491 e. The molecule has 1 fully saturated rings. The molecule has 2 aliphatic rings. The van der Waals surface area contributed by atoms with Crippen LogP contribution < -0.4 is 10.2 Å². The molecule has 0 atom stereocenters. The van der Waals surface area contributed by atoms with Gasteiger partial charge in [-0.2, -0.15) is 5.10 Å². The average molecular weight is 319 g/mol. The third-order valence-electron chi connectivity index (χ3n) is 3.94. The molecule has 0 amide bonds. The molecule has 0 unspecified atom stereocenters. The molecule has 0 bridgehead atoms. The predicted molar refractivity (Wildman–Crippen MR) is 90.4 cm³/mol. The maximum Gasteiger partial charge on any atom is 0.189 e. The van der Waals surface area contributed by atoms with Gasteiger partial charge in [-0.15, -0.1) is 0 Å². The van der Waals surface area contributed by atoms with Crippen LogP contribution in [-0.4, -0.2) is 65.4 Å². The smallest absolute Gasteiger partial charge is 0.189 e. The van der Waals surface area contributed by atoms with Gasteiger partial charge in [-0.1, -0.05) is 0 Å². The number of aryl methyl sites for hydroxylation is 1. The molecule has 1 saturated heterocycles. The van der Waals surface area contributed by atoms with Crippen molar-refractivity contribution in [3.05, 3.63) is 23.5 Å². The summed E-state index contributed by atoms with van der Waals surface area (Å²) >= 11 is 5.44. The predicted octanol–water partition coefficient (Wildman–Crippen LogP) is 0.999. The highest BCUT2D eigenvalue weighted by atomic mass is 32.1. The molecule has 1 aromatic heterocycles. The van der Waals surface area contributed by atoms with Gasteiger partial charge >= 0.3 is 0 Å². The number of ether oxygens (including phenoxy) is 1. The lowest BCUT2D eigenvalue weighted by atomic mass is 10.1. The molecule has 22 heavy (non-hydrogen) atoms. The molecule has 3 rings (SSSR count). The number of fused-ring (bicyclic) bond motifs is 1. The lowest BCUT2D eigenvalue weighted by Gasteiger charge is -2.33. The second-order valence-electron chi connectivity index (χ2n) is 5.72. The van der Waals surface area contributed by atoms with Crippen LogP contribution in [0.2, 0.25) is 0 Å². The number of pyridine rings is 1. The summed E-state index contributed by atoms with van der Waals surface area (Å²) in [7, 11) is 2.13. The first kappa shape index (κ1) is 15.2. The van der Waals surface area contributed by atoms with E-state index in [0.29, 0.717) is 11.7 Å². The summed E-state index contributed by atoms with van der Waals surface area (Å²) in [6, 6.07) is 2.00. The summed E-state index contributed by atoms with van der Waals surface area (Å²) in [4.78, 5) is 8.89. The van der Waals surface area contributed by atoms with Crippen molar-refractivity contribution in [3.8, 4) is 5.75 Å². The van der Waals surface area contributed by atoms with Crippen LogP contribution in [-0.2, 0) is 0 Å². The number of nitrogens with zero attached hydrogens (tertiary/aromatic N) is 4. The molecule has 0 spiro atoms. The van der Waals surface area contributed by atoms with Crippen LogP contribution in [0, 0.1) is 6.92 Å². The molecule has 0 saturated carbocycles. The Morgan fingerprint density at radius 1 is 1.36 bits per heavy atom. The van der Waals surface area contributed by atoms with E-state index in [0.717, 1.165) is 55.3 Å². The van der Waals surface area contributed by atoms with E-state index in [4.69, 9.17) is 17.0 Å². The molecule has 3 heterocycles. The fourth-order valence-electron chi connectivity index (χ4n) is 2.55. The van der Waals surface area contributed by atoms with Crippen LogP contribution in [0.1, 0.15) is 17.7 Å². The molecule has 118 valence electrons. The number of nitrogens with one attached hydrogen (secondary N) is 1. The molecule has 2 aliphatic heterocycles. The normalized spacial score (nSPS) is 20.5. The van der Waals surface area contributed by atoms with Crippen molar-refractivity contribution in [3.63, 3.8) is 0 Å². The monoisotopic (exact) mass is 319 g/mol. The first-order chi connectivity index (χ1) is 10.6. The quantitative estimate of drug-likeness (QED) is 0.616. The molecule has 1 N–H and O–H groups in total. The summed E-state index contributed by atoms with van der Waals surface area (Å²) < 4.78 is 5.65. The van der Waals surface area contributed by atoms with E-state index in [9.17, 15) is 0 Å². The average Bonchev–Trinajstić information content (AvgIpc) is 2.52. The third kappa shape index (κ3) is 3.36. The Kier molecular flexibility index (Phi) is 4.54. The van der Waals surface area contributed by atoms with Crippen molar-refractivity contribution >= 4 is 23.0 Å². The SMILES string of the molecule is Cc1cnc2c(c1)OCC/C2=N/NC(=S)N1CCN(C)CC1. The molecule has 7 heteroatoms. The second-order valence-corrected chi connectivity index (χ2v) is 6.11. The summed E-state index contributed by atoms with van der Waals surface area (Å²) in [5, 5.41) is 5.16. The van der Waals surface area contributed by atoms with Crippen LogP contribution >= 0.6 is 12.2 Å². The van der Waals surface area contributed by atoms with Gasteiger partial charge in [0.25, 0.3) is 0 Å². The maximum atomic E-state index is 5.65. The highest BCUT2D eigenvalue weighted by Crippen LogP contribution is 2.23. The largest absolute Gasteiger partial charge is 0.491 e. The number of aromatic nitrogens is 1. The Labute approximate surface area is 136 Å². The van der Waals surface area contributed by atoms with Gasteiger partial charge in [-0.3, -0.25) is 10.4 Å². The van der Waals surface area contributed by atoms with Crippen molar-refractivity contribution in [2.45, 2.75) is 13.3 Å². The number of likely N-dealkylation sites (N-methyl/N-ethyl adjacent to an activating group) is 1. The maximum absolute atomic E-state index is 5.65. The zero-order valence-electron chi connectivity index (χ0n) is 13.0. The Bertz CT molecular complexity index is 596. The third-order valence-corrected chi connectivity index (χ3v) is 4.29. The molecule has 0 radical (unpaired) electrons. The molecule has 1 aromatic rings. The molecule has 0 aliphatic carbocycles. The summed E-state index contributed by atoms with van der Waals surface area (Å²) in [5.74, 6) is 0.803. The van der Waals surface area contributed by atoms with Gasteiger partial charge in [0.1, 0.15) is 11.4 Å². The molecular formula is C15H21N5OS. The van der Waals surface area contributed by atoms with Gasteiger partial charge in [-0.05, 0) is 37.8 Å². The minimum atomic E-state index is 0.625. The summed E-state index contributed by atoms with van der Waals surface area (Å²) in [6.45, 7) is 6.54. The molecular weight excluding hydrogens is 298 g/mol. The number of rotatable bonds is 1. The first-order valence-corrected chi connectivity index (χ1v) is 7.94. The van der Waals surface area contributed by atoms with E-state index in [1.165, 1.54) is 0 Å². The molecule has 6 nitrogen and oxygen atoms in total. The number of thiocarbonyl (C=S) groups is 1. The van der Waals surface area contributed by atoms with Crippen LogP contribution in [0.4, 0.5) is 0 Å². The van der Waals surface area contributed by atoms with E-state index < -0.39 is 0 Å². The summed E-state index contributed by atoms with van der Waals surface area (Å²) in [5.41, 5.74) is 5.82. The first-order valence-electron chi connectivity index (χ1n) is 7.53. The Morgan fingerprint density at radius 2 is 2.14 bits per heavy atom. The van der Waals surface area contributed by atoms with Crippen molar-refractivity contribution in [2.75, 3.05) is 39.8 Å². The van der Waals surface area contributed by atoms with E-state index in [2.05, 4.69) is 32.4 Å². The second kappa shape index (κ2) is 6.58. The standard InChI is InChI=1S/C15H21N5OS/c1-11-9-13-14(16-10-11)12(3-8-21-13)17-18-15(22)20-6-4-19(2)5-7-20/h9-10H,3-8H2,1-2H3,(H,18,22)/b17-12-. The van der Waals surface area contributed by atoms with E-state index in [-0.39, 0.29) is 0 Å². The zero-order valence-corrected chi connectivity index (χ0v) is 13.8. The Hall–Kier alpha value is -1.73. The van der Waals surface area contributed by atoms with E-state index >= 15 is 0 Å². The van der Waals surface area contributed by atoms with Gasteiger partial charge < -0.3 is 14.5 Å². The number of hydrogen-bond acceptors (Lipinski definition) is 5. The topological polar surface area (TPSA) is 53.0 Å². The molecule has 0 aromatic carbocycles. The van der Waals surface area contributed by atoms with Crippen LogP contribution in [0.3, 0.4) is 0 Å². The van der Waals surface area contributed by atoms with Gasteiger partial charge in [0.05, 0.1) is 12.3 Å². The number of hydrazone groups is 1. The van der Waals surface area contributed by atoms with Crippen molar-refractivity contribution < 1.29 is 4.74 Å². The van der Waals surface area contributed by atoms with Crippen molar-refractivity contribution in [1.29, 1.82) is 0 Å². The summed E-state index contributed by atoms with van der Waals surface area (Å²) in [6.07, 6.45) is 2.57. The fourth-order valence-corrected chi connectivity index (χ4v) is 2.78. The Morgan fingerprint density at radius 3 is 2.91 bits per heavy atom. The highest BCUT2D eigenvalue weighted by molar-refractivity contribution is 7.80. The number of piperazine rings is 1. The van der Waals surface area contributed by atoms with E-state index in [1.807, 2.05) is 19.2 Å². The van der Waals surface area contributed by atoms with E-state index in [1.54, 1.807) is 0 Å². The number of hydrogen-bond donors (Lipinski definition) is 1. The van der Waals surface area contributed by atoms with Gasteiger partial charge in [-0.25, -0.2) is 0 Å². The lowest BCUT2D eigenvalue weighted by molar-refractivity contribution is 0.214. The minimum absolute atomic E-state index is 0.625. The van der Waals surface area contributed by atoms with Crippen LogP contribution in [0.5, 0.6) is 5.75 Å². The zero-order chi connectivity index (χ0) is 15.5. The van der Waals surface area contributed by atoms with Crippen molar-refractivity contribution in [1.82, 2.24) is 20.2 Å². The Balaban J connectivity index is 1.68. The van der Waals surface area contributed by atoms with Crippen LogP contribution in [0.15, 0.2) is 17.4 Å². The van der Waals surface area contributed by atoms with Gasteiger partial charge in [0.15, 0.2) is 5.11 Å². The highest BCUT2D eigenvalue weighted by Gasteiger charge is 2.20. The fraction of sp³-hybridized carbons (Fsp3) is 0.533. The van der Waals surface area contributed by atoms with Crippen LogP contribution in [0.25, 0.3) is 0 Å². The van der Waals surface area contributed by atoms with Gasteiger partial charge in [0, 0.05) is 38.8 Å². The van der Waals surface area contributed by atoms with Gasteiger partial charge in [0.2, 0.25) is 0 Å².